The van der Waals surface area contributed by atoms with Crippen molar-refractivity contribution in [1.29, 1.82) is 0 Å². The number of unbranched alkanes of at least 4 members (excludes halogenated alkanes) is 7. The van der Waals surface area contributed by atoms with Crippen molar-refractivity contribution in [3.05, 3.63) is 0 Å². The van der Waals surface area contributed by atoms with E-state index in [0.29, 0.717) is 0 Å². The van der Waals surface area contributed by atoms with Crippen LogP contribution in [0.4, 0.5) is 4.79 Å². The Morgan fingerprint density at radius 3 is 2.13 bits per heavy atom. The Hall–Kier alpha value is -0.380. The summed E-state index contributed by atoms with van der Waals surface area (Å²) in [4.78, 5) is 12.8. The summed E-state index contributed by atoms with van der Waals surface area (Å²) < 4.78 is 0. The first-order chi connectivity index (χ1) is 7.27. The molecular formula is C11H22BrN2O+. The van der Waals surface area contributed by atoms with Gasteiger partial charge in [-0.3, -0.25) is 5.73 Å². The molecule has 0 aromatic carbocycles. The maximum atomic E-state index is 10.3. The number of carbonyl (C=O) groups is 1. The number of alkyl halides is 1. The van der Waals surface area contributed by atoms with E-state index >= 15 is 0 Å². The molecule has 0 aliphatic heterocycles. The third-order valence-electron chi connectivity index (χ3n) is 2.23. The van der Waals surface area contributed by atoms with E-state index in [9.17, 15) is 4.79 Å². The molecule has 88 valence electrons. The summed E-state index contributed by atoms with van der Waals surface area (Å²) in [6, 6.07) is -0.468. The smallest absolute Gasteiger partial charge is 0.251 e. The van der Waals surface area contributed by atoms with E-state index < -0.39 is 6.03 Å². The molecule has 2 amide bonds. The van der Waals surface area contributed by atoms with Gasteiger partial charge in [0.1, 0.15) is 0 Å². The van der Waals surface area contributed by atoms with E-state index in [1.165, 1.54) is 38.5 Å². The number of primary amides is 1. The number of hydrogen-bond donors (Lipinski definition) is 2. The van der Waals surface area contributed by atoms with E-state index in [0.717, 1.165) is 18.2 Å². The highest BCUT2D eigenvalue weighted by atomic mass is 79.9. The normalized spacial score (nSPS) is 11.0. The highest BCUT2D eigenvalue weighted by Gasteiger charge is 1.92. The second-order valence-electron chi connectivity index (χ2n) is 3.67. The van der Waals surface area contributed by atoms with Crippen LogP contribution in [-0.2, 0) is 0 Å². The standard InChI is InChI=1S/C11H21BrN2O/c12-9-7-5-3-1-2-4-6-8-10-14-11(13)15/h10H,1-9H2,(H2,13,15)/p+1/b14-10+. The van der Waals surface area contributed by atoms with Crippen molar-refractivity contribution >= 4 is 28.2 Å². The minimum Gasteiger partial charge on any atom is -0.251 e. The topological polar surface area (TPSA) is 57.1 Å². The number of carbonyl (C=O) groups excluding carboxylic acids is 1. The molecule has 15 heavy (non-hydrogen) atoms. The van der Waals surface area contributed by atoms with Crippen LogP contribution in [0.3, 0.4) is 0 Å². The van der Waals surface area contributed by atoms with Crippen molar-refractivity contribution in [1.82, 2.24) is 0 Å². The van der Waals surface area contributed by atoms with Crippen LogP contribution in [0.5, 0.6) is 0 Å². The fourth-order valence-corrected chi connectivity index (χ4v) is 1.79. The van der Waals surface area contributed by atoms with Crippen molar-refractivity contribution in [2.45, 2.75) is 51.4 Å². The second kappa shape index (κ2) is 11.7. The summed E-state index contributed by atoms with van der Waals surface area (Å²) in [7, 11) is 0. The highest BCUT2D eigenvalue weighted by molar-refractivity contribution is 9.09. The molecule has 0 aliphatic carbocycles. The lowest BCUT2D eigenvalue weighted by Crippen LogP contribution is -2.76. The van der Waals surface area contributed by atoms with Crippen molar-refractivity contribution in [2.24, 2.45) is 5.73 Å². The van der Waals surface area contributed by atoms with Crippen LogP contribution in [0.25, 0.3) is 0 Å². The lowest BCUT2D eigenvalue weighted by Gasteiger charge is -1.98. The fraction of sp³-hybridized carbons (Fsp3) is 0.818. The Kier molecular flexibility index (Phi) is 11.4. The van der Waals surface area contributed by atoms with Crippen LogP contribution >= 0.6 is 15.9 Å². The number of nitrogens with two attached hydrogens (primary N) is 1. The van der Waals surface area contributed by atoms with Gasteiger partial charge in [-0.2, -0.15) is 4.79 Å². The van der Waals surface area contributed by atoms with Crippen LogP contribution in [0.1, 0.15) is 51.4 Å². The molecule has 0 aromatic heterocycles. The van der Waals surface area contributed by atoms with E-state index in [1.807, 2.05) is 0 Å². The number of hydrogen-bond acceptors (Lipinski definition) is 1. The number of halogens is 1. The van der Waals surface area contributed by atoms with Gasteiger partial charge in [0.05, 0.1) is 6.21 Å². The average molecular weight is 278 g/mol. The minimum absolute atomic E-state index is 0.468. The molecule has 0 bridgehead atoms. The van der Waals surface area contributed by atoms with E-state index in [1.54, 1.807) is 6.21 Å². The molecular weight excluding hydrogens is 256 g/mol. The SMILES string of the molecule is NC(=O)/[NH+]=C/CCCCCCCCCBr. The predicted molar refractivity (Wildman–Crippen MR) is 67.3 cm³/mol. The van der Waals surface area contributed by atoms with Gasteiger partial charge in [0.25, 0.3) is 0 Å². The molecule has 0 aromatic rings. The molecule has 0 radical (unpaired) electrons. The van der Waals surface area contributed by atoms with E-state index in [4.69, 9.17) is 5.73 Å². The Balaban J connectivity index is 3.02. The van der Waals surface area contributed by atoms with Gasteiger partial charge in [0.15, 0.2) is 0 Å². The van der Waals surface area contributed by atoms with Gasteiger partial charge in [-0.1, -0.05) is 48.0 Å². The van der Waals surface area contributed by atoms with Crippen molar-refractivity contribution < 1.29 is 9.79 Å². The van der Waals surface area contributed by atoms with Crippen LogP contribution in [0.2, 0.25) is 0 Å². The predicted octanol–water partition coefficient (Wildman–Crippen LogP) is 1.73. The van der Waals surface area contributed by atoms with Crippen molar-refractivity contribution in [2.75, 3.05) is 5.33 Å². The maximum absolute atomic E-state index is 10.3. The van der Waals surface area contributed by atoms with Gasteiger partial charge >= 0.3 is 6.03 Å². The first kappa shape index (κ1) is 14.6. The van der Waals surface area contributed by atoms with Crippen LogP contribution < -0.4 is 10.7 Å². The number of amides is 2. The van der Waals surface area contributed by atoms with Gasteiger partial charge in [-0.05, 0) is 12.8 Å². The van der Waals surface area contributed by atoms with E-state index in [-0.39, 0.29) is 0 Å². The average Bonchev–Trinajstić information content (AvgIpc) is 2.20. The first-order valence-corrected chi connectivity index (χ1v) is 6.83. The van der Waals surface area contributed by atoms with Crippen LogP contribution in [0.15, 0.2) is 0 Å². The van der Waals surface area contributed by atoms with Gasteiger partial charge in [0.2, 0.25) is 0 Å². The van der Waals surface area contributed by atoms with E-state index in [2.05, 4.69) is 20.9 Å². The lowest BCUT2D eigenvalue weighted by atomic mass is 10.1. The summed E-state index contributed by atoms with van der Waals surface area (Å²) in [6.07, 6.45) is 11.6. The Labute approximate surface area is 101 Å². The number of urea groups is 1. The third kappa shape index (κ3) is 13.6. The first-order valence-electron chi connectivity index (χ1n) is 5.71. The lowest BCUT2D eigenvalue weighted by molar-refractivity contribution is -0.335. The minimum atomic E-state index is -0.468. The van der Waals surface area contributed by atoms with Crippen molar-refractivity contribution in [3.63, 3.8) is 0 Å². The van der Waals surface area contributed by atoms with Gasteiger partial charge in [-0.15, -0.1) is 0 Å². The maximum Gasteiger partial charge on any atom is 0.486 e. The highest BCUT2D eigenvalue weighted by Crippen LogP contribution is 2.08. The molecule has 4 heteroatoms. The molecule has 0 saturated heterocycles. The third-order valence-corrected chi connectivity index (χ3v) is 2.79. The zero-order valence-corrected chi connectivity index (χ0v) is 10.9. The zero-order valence-electron chi connectivity index (χ0n) is 9.30. The van der Waals surface area contributed by atoms with Gasteiger partial charge < -0.3 is 0 Å². The second-order valence-corrected chi connectivity index (χ2v) is 4.46. The Bertz CT molecular complexity index is 183. The molecule has 0 rings (SSSR count). The molecule has 0 spiro atoms. The summed E-state index contributed by atoms with van der Waals surface area (Å²) in [6.45, 7) is 0. The monoisotopic (exact) mass is 277 g/mol. The zero-order chi connectivity index (χ0) is 11.4. The number of rotatable bonds is 9. The summed E-state index contributed by atoms with van der Waals surface area (Å²) >= 11 is 3.42. The molecule has 0 aliphatic rings. The molecule has 3 N–H and O–H groups in total. The summed E-state index contributed by atoms with van der Waals surface area (Å²) in [5.74, 6) is 0. The summed E-state index contributed by atoms with van der Waals surface area (Å²) in [5.41, 5.74) is 4.92. The Morgan fingerprint density at radius 1 is 1.07 bits per heavy atom. The molecule has 0 saturated carbocycles. The van der Waals surface area contributed by atoms with Gasteiger partial charge in [0, 0.05) is 11.8 Å². The quantitative estimate of drug-likeness (QED) is 0.377. The largest absolute Gasteiger partial charge is 0.486 e. The summed E-state index contributed by atoms with van der Waals surface area (Å²) in [5, 5.41) is 1.13. The number of nitrogens with one attached hydrogen (secondary N) is 1. The molecule has 0 heterocycles. The molecule has 0 fully saturated rings. The molecule has 0 atom stereocenters. The van der Waals surface area contributed by atoms with Gasteiger partial charge in [-0.25, -0.2) is 4.99 Å². The van der Waals surface area contributed by atoms with Crippen molar-refractivity contribution in [3.8, 4) is 0 Å². The fourth-order valence-electron chi connectivity index (χ4n) is 1.40. The Morgan fingerprint density at radius 2 is 1.60 bits per heavy atom. The molecule has 3 nitrogen and oxygen atoms in total. The van der Waals surface area contributed by atoms with Crippen LogP contribution in [0, 0.1) is 0 Å². The molecule has 0 unspecified atom stereocenters. The van der Waals surface area contributed by atoms with Crippen LogP contribution in [-0.4, -0.2) is 17.6 Å².